The standard InChI is InChI=1S/C16H19FN2O3S2/c1-10(2)15(20)18-16-19(7-11-3-5-12(17)6-4-11)13-8-24(21,22)9-14(13)23-16/h3-6,10,13-14H,7-9H2,1-2H3/t13-,14-/m0/s1. The molecule has 2 saturated heterocycles. The van der Waals surface area contributed by atoms with E-state index >= 15 is 0 Å². The minimum absolute atomic E-state index is 0.0702. The van der Waals surface area contributed by atoms with E-state index in [2.05, 4.69) is 4.99 Å². The van der Waals surface area contributed by atoms with Crippen LogP contribution >= 0.6 is 11.8 Å². The highest BCUT2D eigenvalue weighted by atomic mass is 32.2. The number of aliphatic imine (C=N–C) groups is 1. The van der Waals surface area contributed by atoms with Crippen molar-refractivity contribution in [3.8, 4) is 0 Å². The van der Waals surface area contributed by atoms with Crippen LogP contribution in [0, 0.1) is 11.7 Å². The topological polar surface area (TPSA) is 66.8 Å². The van der Waals surface area contributed by atoms with Gasteiger partial charge in [-0.05, 0) is 17.7 Å². The van der Waals surface area contributed by atoms with Crippen molar-refractivity contribution in [3.63, 3.8) is 0 Å². The van der Waals surface area contributed by atoms with Crippen molar-refractivity contribution < 1.29 is 17.6 Å². The Morgan fingerprint density at radius 1 is 1.33 bits per heavy atom. The van der Waals surface area contributed by atoms with E-state index in [1.165, 1.54) is 23.9 Å². The van der Waals surface area contributed by atoms with Crippen LogP contribution in [-0.2, 0) is 21.2 Å². The number of amides is 1. The van der Waals surface area contributed by atoms with Crippen LogP contribution in [0.1, 0.15) is 19.4 Å². The fourth-order valence-electron chi connectivity index (χ4n) is 2.83. The van der Waals surface area contributed by atoms with Crippen LogP contribution in [0.3, 0.4) is 0 Å². The second-order valence-electron chi connectivity index (χ2n) is 6.44. The van der Waals surface area contributed by atoms with Crippen molar-refractivity contribution in [2.24, 2.45) is 10.9 Å². The van der Waals surface area contributed by atoms with Crippen molar-refractivity contribution in [2.75, 3.05) is 11.5 Å². The van der Waals surface area contributed by atoms with Crippen LogP contribution < -0.4 is 0 Å². The molecule has 5 nitrogen and oxygen atoms in total. The third-order valence-corrected chi connectivity index (χ3v) is 7.39. The van der Waals surface area contributed by atoms with Crippen LogP contribution in [0.15, 0.2) is 29.3 Å². The number of halogens is 1. The predicted octanol–water partition coefficient (Wildman–Crippen LogP) is 2.08. The van der Waals surface area contributed by atoms with Crippen molar-refractivity contribution in [1.29, 1.82) is 0 Å². The lowest BCUT2D eigenvalue weighted by molar-refractivity contribution is -0.120. The molecule has 0 N–H and O–H groups in total. The van der Waals surface area contributed by atoms with Gasteiger partial charge in [0.2, 0.25) is 0 Å². The maximum atomic E-state index is 13.1. The van der Waals surface area contributed by atoms with E-state index < -0.39 is 9.84 Å². The molecule has 1 amide bonds. The van der Waals surface area contributed by atoms with E-state index in [-0.39, 0.29) is 40.4 Å². The monoisotopic (exact) mass is 370 g/mol. The molecule has 0 radical (unpaired) electrons. The van der Waals surface area contributed by atoms with Gasteiger partial charge in [-0.2, -0.15) is 4.99 Å². The Kier molecular flexibility index (Phi) is 4.70. The lowest BCUT2D eigenvalue weighted by atomic mass is 10.1. The quantitative estimate of drug-likeness (QED) is 0.815. The van der Waals surface area contributed by atoms with Gasteiger partial charge in [-0.15, -0.1) is 0 Å². The smallest absolute Gasteiger partial charge is 0.250 e. The summed E-state index contributed by atoms with van der Waals surface area (Å²) in [5, 5.41) is 0.470. The number of carbonyl (C=O) groups is 1. The van der Waals surface area contributed by atoms with Crippen LogP contribution in [0.5, 0.6) is 0 Å². The summed E-state index contributed by atoms with van der Waals surface area (Å²) >= 11 is 1.36. The maximum absolute atomic E-state index is 13.1. The molecular formula is C16H19FN2O3S2. The molecule has 2 fully saturated rings. The zero-order chi connectivity index (χ0) is 17.5. The van der Waals surface area contributed by atoms with Gasteiger partial charge in [0.25, 0.3) is 5.91 Å². The van der Waals surface area contributed by atoms with Gasteiger partial charge in [-0.1, -0.05) is 37.7 Å². The first kappa shape index (κ1) is 17.4. The normalized spacial score (nSPS) is 27.0. The molecule has 2 atom stereocenters. The first-order valence-electron chi connectivity index (χ1n) is 7.76. The first-order valence-corrected chi connectivity index (χ1v) is 10.5. The molecule has 1 aromatic rings. The third kappa shape index (κ3) is 3.64. The number of sulfone groups is 1. The Bertz CT molecular complexity index is 775. The van der Waals surface area contributed by atoms with Gasteiger partial charge < -0.3 is 4.90 Å². The first-order chi connectivity index (χ1) is 11.2. The largest absolute Gasteiger partial charge is 0.342 e. The summed E-state index contributed by atoms with van der Waals surface area (Å²) in [6.45, 7) is 3.97. The van der Waals surface area contributed by atoms with E-state index in [0.29, 0.717) is 11.7 Å². The molecule has 1 aromatic carbocycles. The highest BCUT2D eigenvalue weighted by Crippen LogP contribution is 2.39. The molecule has 0 aromatic heterocycles. The molecule has 0 spiro atoms. The highest BCUT2D eigenvalue weighted by Gasteiger charge is 2.48. The van der Waals surface area contributed by atoms with Gasteiger partial charge in [0, 0.05) is 17.7 Å². The summed E-state index contributed by atoms with van der Waals surface area (Å²) in [5.41, 5.74) is 0.853. The molecule has 3 rings (SSSR count). The molecule has 2 aliphatic rings. The summed E-state index contributed by atoms with van der Waals surface area (Å²) < 4.78 is 36.9. The summed E-state index contributed by atoms with van der Waals surface area (Å²) in [6, 6.07) is 5.88. The molecule has 8 heteroatoms. The van der Waals surface area contributed by atoms with E-state index in [0.717, 1.165) is 5.56 Å². The Hall–Kier alpha value is -1.41. The molecule has 24 heavy (non-hydrogen) atoms. The molecule has 2 heterocycles. The molecule has 0 bridgehead atoms. The maximum Gasteiger partial charge on any atom is 0.250 e. The zero-order valence-corrected chi connectivity index (χ0v) is 15.1. The lowest BCUT2D eigenvalue weighted by Crippen LogP contribution is -2.37. The second-order valence-corrected chi connectivity index (χ2v) is 9.80. The SMILES string of the molecule is CC(C)C(=O)N=C1S[C@H]2CS(=O)(=O)C[C@@H]2N1Cc1ccc(F)cc1. The number of amidine groups is 1. The van der Waals surface area contributed by atoms with Crippen LogP contribution in [0.2, 0.25) is 0 Å². The molecule has 0 unspecified atom stereocenters. The average Bonchev–Trinajstić information content (AvgIpc) is 2.94. The van der Waals surface area contributed by atoms with Crippen molar-refractivity contribution in [2.45, 2.75) is 31.7 Å². The Morgan fingerprint density at radius 3 is 2.62 bits per heavy atom. The van der Waals surface area contributed by atoms with E-state index in [9.17, 15) is 17.6 Å². The van der Waals surface area contributed by atoms with E-state index in [1.54, 1.807) is 26.0 Å². The van der Waals surface area contributed by atoms with Gasteiger partial charge in [0.15, 0.2) is 15.0 Å². The minimum atomic E-state index is -3.07. The minimum Gasteiger partial charge on any atom is -0.342 e. The number of rotatable bonds is 3. The van der Waals surface area contributed by atoms with Crippen LogP contribution in [0.4, 0.5) is 4.39 Å². The summed E-state index contributed by atoms with van der Waals surface area (Å²) in [6.07, 6.45) is 0. The number of hydrogen-bond donors (Lipinski definition) is 0. The molecule has 0 saturated carbocycles. The summed E-state index contributed by atoms with van der Waals surface area (Å²) in [4.78, 5) is 18.1. The molecule has 130 valence electrons. The summed E-state index contributed by atoms with van der Waals surface area (Å²) in [5.74, 6) is -0.572. The Balaban J connectivity index is 1.89. The zero-order valence-electron chi connectivity index (χ0n) is 13.5. The molecule has 0 aliphatic carbocycles. The van der Waals surface area contributed by atoms with Gasteiger partial charge in [0.1, 0.15) is 5.82 Å². The van der Waals surface area contributed by atoms with Crippen LogP contribution in [0.25, 0.3) is 0 Å². The van der Waals surface area contributed by atoms with Crippen molar-refractivity contribution >= 4 is 32.7 Å². The van der Waals surface area contributed by atoms with Gasteiger partial charge in [-0.3, -0.25) is 4.79 Å². The third-order valence-electron chi connectivity index (χ3n) is 4.14. The number of hydrogen-bond acceptors (Lipinski definition) is 4. The van der Waals surface area contributed by atoms with Crippen molar-refractivity contribution in [1.82, 2.24) is 4.90 Å². The Morgan fingerprint density at radius 2 is 2.00 bits per heavy atom. The number of fused-ring (bicyclic) bond motifs is 1. The highest BCUT2D eigenvalue weighted by molar-refractivity contribution is 8.15. The van der Waals surface area contributed by atoms with Gasteiger partial charge in [-0.25, -0.2) is 12.8 Å². The van der Waals surface area contributed by atoms with Gasteiger partial charge >= 0.3 is 0 Å². The number of thioether (sulfide) groups is 1. The lowest BCUT2D eigenvalue weighted by Gasteiger charge is -2.24. The fourth-order valence-corrected chi connectivity index (χ4v) is 6.79. The predicted molar refractivity (Wildman–Crippen MR) is 93.0 cm³/mol. The summed E-state index contributed by atoms with van der Waals surface area (Å²) in [7, 11) is -3.07. The van der Waals surface area contributed by atoms with E-state index in [4.69, 9.17) is 0 Å². The second kappa shape index (κ2) is 6.48. The van der Waals surface area contributed by atoms with Crippen molar-refractivity contribution in [3.05, 3.63) is 35.6 Å². The number of carbonyl (C=O) groups excluding carboxylic acids is 1. The van der Waals surface area contributed by atoms with E-state index in [1.807, 2.05) is 4.90 Å². The van der Waals surface area contributed by atoms with Gasteiger partial charge in [0.05, 0.1) is 17.5 Å². The fraction of sp³-hybridized carbons (Fsp3) is 0.500. The molecule has 2 aliphatic heterocycles. The van der Waals surface area contributed by atoms with Crippen LogP contribution in [-0.4, -0.2) is 47.2 Å². The molecular weight excluding hydrogens is 351 g/mol. The number of nitrogens with zero attached hydrogens (tertiary/aromatic N) is 2. The Labute approximate surface area is 145 Å². The number of benzene rings is 1. The average molecular weight is 370 g/mol.